The van der Waals surface area contributed by atoms with Gasteiger partial charge in [-0.3, -0.25) is 0 Å². The minimum atomic E-state index is 0.332. The van der Waals surface area contributed by atoms with Gasteiger partial charge in [-0.2, -0.15) is 0 Å². The molecule has 1 aliphatic heterocycles. The molecule has 2 rings (SSSR count). The molecule has 2 heterocycles. The first-order valence-corrected chi connectivity index (χ1v) is 6.46. The topological polar surface area (TPSA) is 34.1 Å². The van der Waals surface area contributed by atoms with Crippen molar-refractivity contribution in [3.63, 3.8) is 0 Å². The molecule has 0 bridgehead atoms. The summed E-state index contributed by atoms with van der Waals surface area (Å²) in [6.45, 7) is 5.21. The van der Waals surface area contributed by atoms with E-state index in [4.69, 9.17) is 4.74 Å². The lowest BCUT2D eigenvalue weighted by Crippen LogP contribution is -2.37. The van der Waals surface area contributed by atoms with Crippen LogP contribution in [0.15, 0.2) is 11.6 Å². The Morgan fingerprint density at radius 2 is 2.60 bits per heavy atom. The zero-order valence-corrected chi connectivity index (χ0v) is 10.1. The van der Waals surface area contributed by atoms with Crippen LogP contribution in [0, 0.1) is 0 Å². The van der Waals surface area contributed by atoms with E-state index in [9.17, 15) is 0 Å². The molecule has 15 heavy (non-hydrogen) atoms. The van der Waals surface area contributed by atoms with Gasteiger partial charge >= 0.3 is 0 Å². The maximum Gasteiger partial charge on any atom is 0.109 e. The van der Waals surface area contributed by atoms with Gasteiger partial charge in [0.15, 0.2) is 0 Å². The smallest absolute Gasteiger partial charge is 0.109 e. The molecule has 0 radical (unpaired) electrons. The molecule has 4 heteroatoms. The second-order valence-electron chi connectivity index (χ2n) is 3.97. The largest absolute Gasteiger partial charge is 0.377 e. The van der Waals surface area contributed by atoms with Crippen molar-refractivity contribution in [1.29, 1.82) is 0 Å². The molecule has 3 nitrogen and oxygen atoms in total. The van der Waals surface area contributed by atoms with Crippen LogP contribution in [0.4, 0.5) is 0 Å². The fourth-order valence-corrected chi connectivity index (χ4v) is 2.76. The van der Waals surface area contributed by atoms with E-state index in [0.29, 0.717) is 18.2 Å². The molecule has 3 atom stereocenters. The van der Waals surface area contributed by atoms with E-state index in [-0.39, 0.29) is 0 Å². The minimum Gasteiger partial charge on any atom is -0.377 e. The lowest BCUT2D eigenvalue weighted by atomic mass is 10.1. The number of nitrogens with zero attached hydrogens (tertiary/aromatic N) is 1. The highest BCUT2D eigenvalue weighted by Crippen LogP contribution is 2.22. The standard InChI is InChI=1S/C11H18N2OS/c1-3-9(11-12-5-7-15-11)13-10-4-6-14-8(10)2/h5,7-10,13H,3-4,6H2,1-2H3. The van der Waals surface area contributed by atoms with Crippen molar-refractivity contribution < 1.29 is 4.74 Å². The first-order chi connectivity index (χ1) is 7.31. The number of thiazole rings is 1. The van der Waals surface area contributed by atoms with E-state index in [1.54, 1.807) is 11.3 Å². The Bertz CT molecular complexity index is 289. The number of hydrogen-bond donors (Lipinski definition) is 1. The Hall–Kier alpha value is -0.450. The van der Waals surface area contributed by atoms with Gasteiger partial charge in [-0.25, -0.2) is 4.98 Å². The van der Waals surface area contributed by atoms with Crippen LogP contribution in [0.1, 0.15) is 37.7 Å². The monoisotopic (exact) mass is 226 g/mol. The molecule has 1 aliphatic rings. The maximum atomic E-state index is 5.55. The van der Waals surface area contributed by atoms with E-state index in [0.717, 1.165) is 19.4 Å². The molecule has 0 aromatic carbocycles. The maximum absolute atomic E-state index is 5.55. The highest BCUT2D eigenvalue weighted by molar-refractivity contribution is 7.09. The molecule has 84 valence electrons. The van der Waals surface area contributed by atoms with Gasteiger partial charge in [-0.05, 0) is 19.8 Å². The number of aromatic nitrogens is 1. The third-order valence-electron chi connectivity index (χ3n) is 2.95. The Morgan fingerprint density at radius 1 is 1.73 bits per heavy atom. The molecule has 1 N–H and O–H groups in total. The molecule has 1 saturated heterocycles. The van der Waals surface area contributed by atoms with Gasteiger partial charge in [-0.1, -0.05) is 6.92 Å². The molecule has 0 saturated carbocycles. The molecule has 0 aliphatic carbocycles. The third-order valence-corrected chi connectivity index (χ3v) is 3.84. The van der Waals surface area contributed by atoms with Crippen molar-refractivity contribution in [3.05, 3.63) is 16.6 Å². The number of nitrogens with one attached hydrogen (secondary N) is 1. The van der Waals surface area contributed by atoms with Crippen molar-refractivity contribution in [2.45, 2.75) is 44.9 Å². The van der Waals surface area contributed by atoms with Crippen LogP contribution in [-0.4, -0.2) is 23.7 Å². The number of hydrogen-bond acceptors (Lipinski definition) is 4. The summed E-state index contributed by atoms with van der Waals surface area (Å²) >= 11 is 1.73. The lowest BCUT2D eigenvalue weighted by molar-refractivity contribution is 0.110. The Morgan fingerprint density at radius 3 is 3.13 bits per heavy atom. The molecular formula is C11H18N2OS. The second-order valence-corrected chi connectivity index (χ2v) is 4.90. The number of ether oxygens (including phenoxy) is 1. The Kier molecular flexibility index (Phi) is 3.72. The fourth-order valence-electron chi connectivity index (χ4n) is 1.98. The molecule has 1 fully saturated rings. The highest BCUT2D eigenvalue weighted by atomic mass is 32.1. The van der Waals surface area contributed by atoms with Crippen molar-refractivity contribution in [2.24, 2.45) is 0 Å². The van der Waals surface area contributed by atoms with Crippen LogP contribution < -0.4 is 5.32 Å². The SMILES string of the molecule is CCC(NC1CCOC1C)c1nccs1. The number of rotatable bonds is 4. The second kappa shape index (κ2) is 5.05. The Labute approximate surface area is 94.9 Å². The lowest BCUT2D eigenvalue weighted by Gasteiger charge is -2.22. The summed E-state index contributed by atoms with van der Waals surface area (Å²) in [5.74, 6) is 0. The summed E-state index contributed by atoms with van der Waals surface area (Å²) in [6.07, 6.45) is 4.40. The summed E-state index contributed by atoms with van der Waals surface area (Å²) in [4.78, 5) is 4.37. The molecule has 1 aromatic rings. The summed E-state index contributed by atoms with van der Waals surface area (Å²) < 4.78 is 5.55. The molecule has 0 amide bonds. The van der Waals surface area contributed by atoms with Gasteiger partial charge in [-0.15, -0.1) is 11.3 Å². The van der Waals surface area contributed by atoms with E-state index < -0.39 is 0 Å². The van der Waals surface area contributed by atoms with E-state index in [2.05, 4.69) is 24.1 Å². The summed E-state index contributed by atoms with van der Waals surface area (Å²) in [5.41, 5.74) is 0. The average Bonchev–Trinajstić information content (AvgIpc) is 2.86. The van der Waals surface area contributed by atoms with Crippen molar-refractivity contribution in [1.82, 2.24) is 10.3 Å². The summed E-state index contributed by atoms with van der Waals surface area (Å²) in [5, 5.41) is 6.87. The van der Waals surface area contributed by atoms with E-state index in [1.807, 2.05) is 11.6 Å². The van der Waals surface area contributed by atoms with Gasteiger partial charge in [0.25, 0.3) is 0 Å². The van der Waals surface area contributed by atoms with Crippen LogP contribution in [0.3, 0.4) is 0 Å². The zero-order chi connectivity index (χ0) is 10.7. The van der Waals surface area contributed by atoms with Crippen LogP contribution in [0.25, 0.3) is 0 Å². The first-order valence-electron chi connectivity index (χ1n) is 5.58. The van der Waals surface area contributed by atoms with Crippen molar-refractivity contribution >= 4 is 11.3 Å². The molecular weight excluding hydrogens is 208 g/mol. The summed E-state index contributed by atoms with van der Waals surface area (Å²) in [7, 11) is 0. The quantitative estimate of drug-likeness (QED) is 0.856. The van der Waals surface area contributed by atoms with Gasteiger partial charge in [0, 0.05) is 24.2 Å². The third kappa shape index (κ3) is 2.56. The van der Waals surface area contributed by atoms with Gasteiger partial charge in [0.2, 0.25) is 0 Å². The van der Waals surface area contributed by atoms with Crippen molar-refractivity contribution in [3.8, 4) is 0 Å². The molecule has 0 spiro atoms. The van der Waals surface area contributed by atoms with Crippen molar-refractivity contribution in [2.75, 3.05) is 6.61 Å². The predicted octanol–water partition coefficient (Wildman–Crippen LogP) is 2.36. The van der Waals surface area contributed by atoms with Gasteiger partial charge in [0.1, 0.15) is 5.01 Å². The molecule has 1 aromatic heterocycles. The normalized spacial score (nSPS) is 28.1. The average molecular weight is 226 g/mol. The van der Waals surface area contributed by atoms with E-state index in [1.165, 1.54) is 5.01 Å². The Balaban J connectivity index is 1.96. The van der Waals surface area contributed by atoms with Crippen LogP contribution in [0.5, 0.6) is 0 Å². The van der Waals surface area contributed by atoms with Gasteiger partial charge in [0.05, 0.1) is 12.1 Å². The summed E-state index contributed by atoms with van der Waals surface area (Å²) in [6, 6.07) is 0.873. The van der Waals surface area contributed by atoms with E-state index >= 15 is 0 Å². The van der Waals surface area contributed by atoms with Crippen LogP contribution in [-0.2, 0) is 4.74 Å². The van der Waals surface area contributed by atoms with Crippen LogP contribution in [0.2, 0.25) is 0 Å². The minimum absolute atomic E-state index is 0.332. The first kappa shape index (κ1) is 11.0. The van der Waals surface area contributed by atoms with Crippen LogP contribution >= 0.6 is 11.3 Å². The fraction of sp³-hybridized carbons (Fsp3) is 0.727. The molecule has 3 unspecified atom stereocenters. The van der Waals surface area contributed by atoms with Gasteiger partial charge < -0.3 is 10.1 Å². The highest BCUT2D eigenvalue weighted by Gasteiger charge is 2.26. The predicted molar refractivity (Wildman–Crippen MR) is 62.1 cm³/mol. The zero-order valence-electron chi connectivity index (χ0n) is 9.27.